The normalized spacial score (nSPS) is 11.1. The van der Waals surface area contributed by atoms with Crippen molar-refractivity contribution in [3.8, 4) is 17.2 Å². The minimum atomic E-state index is -4.05. The summed E-state index contributed by atoms with van der Waals surface area (Å²) in [5.41, 5.74) is 0.926. The summed E-state index contributed by atoms with van der Waals surface area (Å²) in [4.78, 5) is 12.6. The molecule has 1 aromatic heterocycles. The molecule has 0 unspecified atom stereocenters. The molecule has 174 valence electrons. The monoisotopic (exact) mass is 498 g/mol. The number of benzene rings is 3. The minimum Gasteiger partial charge on any atom is -0.506 e. The van der Waals surface area contributed by atoms with Gasteiger partial charge in [-0.2, -0.15) is 5.10 Å². The smallest absolute Gasteiger partial charge is 0.262 e. The number of nitrogens with one attached hydrogen (secondary N) is 2. The fraction of sp³-hybridized carbons (Fsp3) is 0.0435. The van der Waals surface area contributed by atoms with Crippen LogP contribution >= 0.6 is 11.6 Å². The Morgan fingerprint density at radius 1 is 1.06 bits per heavy atom. The number of anilines is 2. The number of hydrogen-bond donors (Lipinski definition) is 3. The molecule has 1 heterocycles. The Kier molecular flexibility index (Phi) is 6.44. The summed E-state index contributed by atoms with van der Waals surface area (Å²) in [6.45, 7) is 0. The van der Waals surface area contributed by atoms with Crippen molar-refractivity contribution < 1.29 is 23.1 Å². The number of phenols is 1. The summed E-state index contributed by atoms with van der Waals surface area (Å²) in [7, 11) is -2.62. The predicted molar refractivity (Wildman–Crippen MR) is 128 cm³/mol. The lowest BCUT2D eigenvalue weighted by Crippen LogP contribution is -2.15. The standard InChI is InChI=1S/C23H19ClN4O5S/c1-33-22-9-5-3-7-18(22)27-34(31,32)16-10-11-21(29)19(12-16)26-23(30)15-13-25-28(14-15)20-8-4-2-6-17(20)24/h2-14,27,29H,1H3,(H,26,30). The van der Waals surface area contributed by atoms with E-state index in [-0.39, 0.29) is 27.6 Å². The van der Waals surface area contributed by atoms with E-state index >= 15 is 0 Å². The number of phenolic OH excluding ortho intramolecular Hbond substituents is 1. The highest BCUT2D eigenvalue weighted by atomic mass is 35.5. The number of aromatic hydroxyl groups is 1. The van der Waals surface area contributed by atoms with E-state index in [1.807, 2.05) is 0 Å². The Labute approximate surface area is 200 Å². The van der Waals surface area contributed by atoms with Gasteiger partial charge in [0.25, 0.3) is 15.9 Å². The molecule has 0 fully saturated rings. The Balaban J connectivity index is 1.57. The highest BCUT2D eigenvalue weighted by molar-refractivity contribution is 7.92. The van der Waals surface area contributed by atoms with E-state index in [2.05, 4.69) is 15.1 Å². The number of carbonyl (C=O) groups is 1. The van der Waals surface area contributed by atoms with Gasteiger partial charge in [-0.3, -0.25) is 9.52 Å². The van der Waals surface area contributed by atoms with Gasteiger partial charge in [0.05, 0.1) is 45.9 Å². The number of ether oxygens (including phenoxy) is 1. The van der Waals surface area contributed by atoms with Gasteiger partial charge in [0, 0.05) is 6.20 Å². The highest BCUT2D eigenvalue weighted by Crippen LogP contribution is 2.30. The third-order valence-electron chi connectivity index (χ3n) is 4.82. The molecule has 4 rings (SSSR count). The molecule has 0 aliphatic carbocycles. The lowest BCUT2D eigenvalue weighted by molar-refractivity contribution is 0.102. The molecule has 3 aromatic carbocycles. The number of halogens is 1. The fourth-order valence-electron chi connectivity index (χ4n) is 3.12. The fourth-order valence-corrected chi connectivity index (χ4v) is 4.44. The molecular weight excluding hydrogens is 480 g/mol. The van der Waals surface area contributed by atoms with Crippen LogP contribution in [0.5, 0.6) is 11.5 Å². The number of amides is 1. The van der Waals surface area contributed by atoms with Gasteiger partial charge in [-0.25, -0.2) is 13.1 Å². The van der Waals surface area contributed by atoms with Crippen molar-refractivity contribution in [1.29, 1.82) is 0 Å². The van der Waals surface area contributed by atoms with Crippen LogP contribution in [0.2, 0.25) is 5.02 Å². The maximum atomic E-state index is 12.9. The SMILES string of the molecule is COc1ccccc1NS(=O)(=O)c1ccc(O)c(NC(=O)c2cnn(-c3ccccc3Cl)c2)c1. The predicted octanol–water partition coefficient (Wildman–Crippen LogP) is 4.29. The molecule has 4 aromatic rings. The second-order valence-electron chi connectivity index (χ2n) is 7.06. The van der Waals surface area contributed by atoms with Crippen LogP contribution in [-0.2, 0) is 10.0 Å². The molecule has 0 bridgehead atoms. The maximum Gasteiger partial charge on any atom is 0.262 e. The highest BCUT2D eigenvalue weighted by Gasteiger charge is 2.20. The molecule has 11 heteroatoms. The average Bonchev–Trinajstić information content (AvgIpc) is 3.31. The van der Waals surface area contributed by atoms with Crippen LogP contribution in [0.4, 0.5) is 11.4 Å². The van der Waals surface area contributed by atoms with Crippen LogP contribution in [0, 0.1) is 0 Å². The molecular formula is C23H19ClN4O5S. The van der Waals surface area contributed by atoms with Gasteiger partial charge < -0.3 is 15.2 Å². The number of rotatable bonds is 7. The summed E-state index contributed by atoms with van der Waals surface area (Å²) in [5, 5.41) is 17.3. The van der Waals surface area contributed by atoms with Gasteiger partial charge in [-0.05, 0) is 42.5 Å². The van der Waals surface area contributed by atoms with Gasteiger partial charge in [0.2, 0.25) is 0 Å². The lowest BCUT2D eigenvalue weighted by Gasteiger charge is -2.13. The first-order valence-electron chi connectivity index (χ1n) is 9.88. The van der Waals surface area contributed by atoms with Crippen LogP contribution < -0.4 is 14.8 Å². The third kappa shape index (κ3) is 4.82. The number of para-hydroxylation sites is 3. The first kappa shape index (κ1) is 23.1. The van der Waals surface area contributed by atoms with Crippen molar-refractivity contribution in [3.63, 3.8) is 0 Å². The minimum absolute atomic E-state index is 0.0848. The summed E-state index contributed by atoms with van der Waals surface area (Å²) in [6.07, 6.45) is 2.80. The topological polar surface area (TPSA) is 123 Å². The van der Waals surface area contributed by atoms with Crippen molar-refractivity contribution in [1.82, 2.24) is 9.78 Å². The molecule has 3 N–H and O–H groups in total. The van der Waals surface area contributed by atoms with Crippen molar-refractivity contribution in [3.05, 3.63) is 89.7 Å². The third-order valence-corrected chi connectivity index (χ3v) is 6.50. The second-order valence-corrected chi connectivity index (χ2v) is 9.15. The van der Waals surface area contributed by atoms with E-state index < -0.39 is 15.9 Å². The molecule has 9 nitrogen and oxygen atoms in total. The summed E-state index contributed by atoms with van der Waals surface area (Å²) in [5.74, 6) is -0.558. The van der Waals surface area contributed by atoms with Crippen LogP contribution in [-0.4, -0.2) is 36.3 Å². The Bertz CT molecular complexity index is 1470. The largest absolute Gasteiger partial charge is 0.506 e. The zero-order valence-corrected chi connectivity index (χ0v) is 19.3. The van der Waals surface area contributed by atoms with Gasteiger partial charge in [-0.15, -0.1) is 0 Å². The zero-order valence-electron chi connectivity index (χ0n) is 17.8. The molecule has 0 aliphatic rings. The molecule has 0 saturated carbocycles. The number of methoxy groups -OCH3 is 1. The van der Waals surface area contributed by atoms with Gasteiger partial charge in [0.1, 0.15) is 11.5 Å². The van der Waals surface area contributed by atoms with Crippen molar-refractivity contribution in [2.24, 2.45) is 0 Å². The van der Waals surface area contributed by atoms with E-state index in [0.29, 0.717) is 16.5 Å². The summed E-state index contributed by atoms with van der Waals surface area (Å²) >= 11 is 6.17. The first-order chi connectivity index (χ1) is 16.3. The van der Waals surface area contributed by atoms with E-state index in [1.54, 1.807) is 48.5 Å². The molecule has 0 saturated heterocycles. The number of carbonyl (C=O) groups excluding carboxylic acids is 1. The van der Waals surface area contributed by atoms with E-state index in [1.165, 1.54) is 36.3 Å². The Morgan fingerprint density at radius 3 is 2.56 bits per heavy atom. The number of aromatic nitrogens is 2. The van der Waals surface area contributed by atoms with Crippen molar-refractivity contribution in [2.75, 3.05) is 17.1 Å². The van der Waals surface area contributed by atoms with Gasteiger partial charge in [-0.1, -0.05) is 35.9 Å². The summed E-state index contributed by atoms with van der Waals surface area (Å²) < 4.78 is 34.8. The van der Waals surface area contributed by atoms with E-state index in [4.69, 9.17) is 16.3 Å². The molecule has 0 radical (unpaired) electrons. The summed E-state index contributed by atoms with van der Waals surface area (Å²) in [6, 6.07) is 17.1. The molecule has 34 heavy (non-hydrogen) atoms. The maximum absolute atomic E-state index is 12.9. The zero-order chi connectivity index (χ0) is 24.3. The quantitative estimate of drug-likeness (QED) is 0.327. The molecule has 0 atom stereocenters. The number of sulfonamides is 1. The Hall–Kier alpha value is -4.02. The van der Waals surface area contributed by atoms with Gasteiger partial charge >= 0.3 is 0 Å². The second kappa shape index (κ2) is 9.46. The van der Waals surface area contributed by atoms with Crippen molar-refractivity contribution >= 4 is 38.9 Å². The van der Waals surface area contributed by atoms with Crippen LogP contribution in [0.1, 0.15) is 10.4 Å². The van der Waals surface area contributed by atoms with E-state index in [0.717, 1.165) is 6.07 Å². The Morgan fingerprint density at radius 2 is 1.79 bits per heavy atom. The molecule has 0 aliphatic heterocycles. The van der Waals surface area contributed by atoms with Crippen molar-refractivity contribution in [2.45, 2.75) is 4.90 Å². The number of hydrogen-bond acceptors (Lipinski definition) is 6. The van der Waals surface area contributed by atoms with Crippen LogP contribution in [0.15, 0.2) is 84.0 Å². The van der Waals surface area contributed by atoms with E-state index in [9.17, 15) is 18.3 Å². The van der Waals surface area contributed by atoms with Crippen LogP contribution in [0.3, 0.4) is 0 Å². The number of nitrogens with zero attached hydrogens (tertiary/aromatic N) is 2. The molecule has 0 spiro atoms. The lowest BCUT2D eigenvalue weighted by atomic mass is 10.2. The van der Waals surface area contributed by atoms with Crippen LogP contribution in [0.25, 0.3) is 5.69 Å². The van der Waals surface area contributed by atoms with Gasteiger partial charge in [0.15, 0.2) is 0 Å². The average molecular weight is 499 g/mol. The first-order valence-corrected chi connectivity index (χ1v) is 11.7. The molecule has 1 amide bonds.